The largest absolute Gasteiger partial charge is 0.479 e. The fourth-order valence-corrected chi connectivity index (χ4v) is 2.07. The van der Waals surface area contributed by atoms with Crippen LogP contribution in [0.15, 0.2) is 18.7 Å². The molecule has 0 saturated carbocycles. The van der Waals surface area contributed by atoms with E-state index in [0.29, 0.717) is 6.54 Å². The molecule has 1 rings (SSSR count). The Hall–Kier alpha value is -1.82. The van der Waals surface area contributed by atoms with Gasteiger partial charge in [-0.3, -0.25) is 4.79 Å². The molecule has 0 aromatic carbocycles. The third-order valence-electron chi connectivity index (χ3n) is 2.11. The monoisotopic (exact) mass is 269 g/mol. The Labute approximate surface area is 109 Å². The van der Waals surface area contributed by atoms with Gasteiger partial charge in [0.1, 0.15) is 5.75 Å². The summed E-state index contributed by atoms with van der Waals surface area (Å²) < 4.78 is 5.37. The number of thiophene rings is 1. The summed E-state index contributed by atoms with van der Waals surface area (Å²) in [6.07, 6.45) is 0.805. The summed E-state index contributed by atoms with van der Waals surface area (Å²) in [5, 5.41) is 11.6. The number of carbonyl (C=O) groups excluding carboxylic acids is 1. The Kier molecular flexibility index (Phi) is 4.91. The van der Waals surface area contributed by atoms with Gasteiger partial charge < -0.3 is 15.2 Å². The number of amides is 1. The van der Waals surface area contributed by atoms with E-state index in [1.165, 1.54) is 0 Å². The molecule has 1 aromatic rings. The maximum atomic E-state index is 11.6. The number of rotatable bonds is 6. The van der Waals surface area contributed by atoms with Crippen molar-refractivity contribution < 1.29 is 19.4 Å². The van der Waals surface area contributed by atoms with Gasteiger partial charge in [0.05, 0.1) is 0 Å². The van der Waals surface area contributed by atoms with Gasteiger partial charge in [-0.1, -0.05) is 6.08 Å². The second-order valence-corrected chi connectivity index (χ2v) is 4.91. The number of hydrogen-bond acceptors (Lipinski definition) is 4. The van der Waals surface area contributed by atoms with Crippen molar-refractivity contribution in [2.45, 2.75) is 20.0 Å². The Morgan fingerprint density at radius 3 is 2.89 bits per heavy atom. The predicted octanol–water partition coefficient (Wildman–Crippen LogP) is 1.82. The number of carboxylic acids is 1. The van der Waals surface area contributed by atoms with Crippen LogP contribution in [0.3, 0.4) is 0 Å². The minimum Gasteiger partial charge on any atom is -0.479 e. The molecular weight excluding hydrogens is 254 g/mol. The summed E-state index contributed by atoms with van der Waals surface area (Å²) in [5.41, 5.74) is 0. The number of aryl methyl sites for hydroxylation is 1. The van der Waals surface area contributed by atoms with E-state index in [-0.39, 0.29) is 16.5 Å². The first kappa shape index (κ1) is 14.2. The lowest BCUT2D eigenvalue weighted by atomic mass is 10.3. The third kappa shape index (κ3) is 3.59. The molecule has 5 nitrogen and oxygen atoms in total. The van der Waals surface area contributed by atoms with Crippen molar-refractivity contribution in [3.63, 3.8) is 0 Å². The molecule has 1 unspecified atom stereocenters. The van der Waals surface area contributed by atoms with Crippen molar-refractivity contribution in [1.82, 2.24) is 5.32 Å². The van der Waals surface area contributed by atoms with Gasteiger partial charge in [-0.25, -0.2) is 4.79 Å². The highest BCUT2D eigenvalue weighted by atomic mass is 32.1. The van der Waals surface area contributed by atoms with Crippen LogP contribution in [0, 0.1) is 6.92 Å². The number of ether oxygens (including phenoxy) is 1. The maximum Gasteiger partial charge on any atom is 0.349 e. The summed E-state index contributed by atoms with van der Waals surface area (Å²) in [7, 11) is 0. The minimum atomic E-state index is -1.05. The van der Waals surface area contributed by atoms with Gasteiger partial charge >= 0.3 is 5.97 Å². The molecule has 0 bridgehead atoms. The average Bonchev–Trinajstić information content (AvgIpc) is 2.67. The van der Waals surface area contributed by atoms with Gasteiger partial charge in [-0.15, -0.1) is 17.9 Å². The number of hydrogen-bond donors (Lipinski definition) is 2. The highest BCUT2D eigenvalue weighted by molar-refractivity contribution is 7.14. The first-order chi connectivity index (χ1) is 8.45. The van der Waals surface area contributed by atoms with Gasteiger partial charge in [-0.2, -0.15) is 0 Å². The first-order valence-electron chi connectivity index (χ1n) is 5.34. The second kappa shape index (κ2) is 6.20. The summed E-state index contributed by atoms with van der Waals surface area (Å²) in [6, 6.07) is 1.62. The Bertz CT molecular complexity index is 467. The van der Waals surface area contributed by atoms with Crippen LogP contribution in [0.4, 0.5) is 0 Å². The van der Waals surface area contributed by atoms with Crippen LogP contribution in [0.25, 0.3) is 0 Å². The van der Waals surface area contributed by atoms with E-state index in [9.17, 15) is 9.59 Å². The molecule has 1 aromatic heterocycles. The summed E-state index contributed by atoms with van der Waals surface area (Å²) in [4.78, 5) is 23.5. The van der Waals surface area contributed by atoms with Crippen LogP contribution in [0.5, 0.6) is 5.75 Å². The first-order valence-corrected chi connectivity index (χ1v) is 6.16. The molecule has 0 spiro atoms. The van der Waals surface area contributed by atoms with E-state index >= 15 is 0 Å². The maximum absolute atomic E-state index is 11.6. The van der Waals surface area contributed by atoms with Crippen LogP contribution in [-0.2, 0) is 4.79 Å². The molecule has 1 atom stereocenters. The van der Waals surface area contributed by atoms with Crippen LogP contribution in [0.1, 0.15) is 21.5 Å². The van der Waals surface area contributed by atoms with Gasteiger partial charge in [0.2, 0.25) is 0 Å². The number of aromatic carboxylic acids is 1. The molecule has 1 heterocycles. The highest BCUT2D eigenvalue weighted by Gasteiger charge is 2.20. The summed E-state index contributed by atoms with van der Waals surface area (Å²) in [6.45, 7) is 7.18. The van der Waals surface area contributed by atoms with Crippen molar-refractivity contribution in [2.75, 3.05) is 6.54 Å². The fourth-order valence-electron chi connectivity index (χ4n) is 1.29. The van der Waals surface area contributed by atoms with E-state index in [1.54, 1.807) is 26.0 Å². The zero-order valence-electron chi connectivity index (χ0n) is 10.2. The fraction of sp³-hybridized carbons (Fsp3) is 0.333. The molecule has 0 radical (unpaired) electrons. The van der Waals surface area contributed by atoms with E-state index in [1.807, 2.05) is 0 Å². The third-order valence-corrected chi connectivity index (χ3v) is 3.13. The molecule has 0 aliphatic rings. The van der Waals surface area contributed by atoms with Crippen molar-refractivity contribution in [3.8, 4) is 5.75 Å². The highest BCUT2D eigenvalue weighted by Crippen LogP contribution is 2.29. The van der Waals surface area contributed by atoms with Gasteiger partial charge in [0.15, 0.2) is 11.0 Å². The molecule has 98 valence electrons. The van der Waals surface area contributed by atoms with E-state index < -0.39 is 12.1 Å². The van der Waals surface area contributed by atoms with Gasteiger partial charge in [-0.05, 0) is 19.9 Å². The zero-order chi connectivity index (χ0) is 13.7. The minimum absolute atomic E-state index is 0.107. The zero-order valence-corrected chi connectivity index (χ0v) is 11.0. The van der Waals surface area contributed by atoms with Crippen molar-refractivity contribution >= 4 is 23.2 Å². The van der Waals surface area contributed by atoms with Crippen LogP contribution in [-0.4, -0.2) is 29.6 Å². The Balaban J connectivity index is 2.75. The summed E-state index contributed by atoms with van der Waals surface area (Å²) in [5.74, 6) is -1.14. The van der Waals surface area contributed by atoms with Gasteiger partial charge in [0, 0.05) is 11.4 Å². The molecule has 0 aliphatic heterocycles. The average molecular weight is 269 g/mol. The molecule has 1 amide bonds. The van der Waals surface area contributed by atoms with Crippen LogP contribution >= 0.6 is 11.3 Å². The lowest BCUT2D eigenvalue weighted by molar-refractivity contribution is -0.127. The van der Waals surface area contributed by atoms with Gasteiger partial charge in [0.25, 0.3) is 5.91 Å². The lowest BCUT2D eigenvalue weighted by Crippen LogP contribution is -2.36. The van der Waals surface area contributed by atoms with Crippen LogP contribution in [0.2, 0.25) is 0 Å². The molecular formula is C12H15NO4S. The second-order valence-electron chi connectivity index (χ2n) is 3.65. The van der Waals surface area contributed by atoms with Crippen molar-refractivity contribution in [1.29, 1.82) is 0 Å². The number of nitrogens with one attached hydrogen (secondary N) is 1. The van der Waals surface area contributed by atoms with Crippen molar-refractivity contribution in [3.05, 3.63) is 28.5 Å². The van der Waals surface area contributed by atoms with Crippen LogP contribution < -0.4 is 10.1 Å². The molecule has 18 heavy (non-hydrogen) atoms. The smallest absolute Gasteiger partial charge is 0.349 e. The molecule has 0 saturated heterocycles. The SMILES string of the molecule is C=CCNC(=O)C(C)Oc1cc(C)sc1C(=O)O. The number of carboxylic acid groups (broad SMARTS) is 1. The Morgan fingerprint density at radius 1 is 1.67 bits per heavy atom. The molecule has 6 heteroatoms. The van der Waals surface area contributed by atoms with E-state index in [0.717, 1.165) is 16.2 Å². The van der Waals surface area contributed by atoms with E-state index in [2.05, 4.69) is 11.9 Å². The van der Waals surface area contributed by atoms with Crippen molar-refractivity contribution in [2.24, 2.45) is 0 Å². The standard InChI is InChI=1S/C12H15NO4S/c1-4-5-13-11(14)8(3)17-9-6-7(2)18-10(9)12(15)16/h4,6,8H,1,5H2,2-3H3,(H,13,14)(H,15,16). The Morgan fingerprint density at radius 2 is 2.33 bits per heavy atom. The topological polar surface area (TPSA) is 75.6 Å². The molecule has 0 fully saturated rings. The predicted molar refractivity (Wildman–Crippen MR) is 69.3 cm³/mol. The summed E-state index contributed by atoms with van der Waals surface area (Å²) >= 11 is 1.12. The molecule has 2 N–H and O–H groups in total. The molecule has 0 aliphatic carbocycles. The lowest BCUT2D eigenvalue weighted by Gasteiger charge is -2.13. The number of carbonyl (C=O) groups is 2. The van der Waals surface area contributed by atoms with E-state index in [4.69, 9.17) is 9.84 Å². The quantitative estimate of drug-likeness (QED) is 0.772. The normalized spacial score (nSPS) is 11.7.